The number of aliphatic hydroxyl groups excluding tert-OH is 1. The van der Waals surface area contributed by atoms with Crippen molar-refractivity contribution < 1.29 is 29.0 Å². The Hall–Kier alpha value is -3.57. The van der Waals surface area contributed by atoms with E-state index in [1.165, 1.54) is 4.90 Å². The molecule has 0 saturated carbocycles. The number of esters is 1. The third-order valence-corrected chi connectivity index (χ3v) is 9.23. The van der Waals surface area contributed by atoms with Gasteiger partial charge in [-0.15, -0.1) is 18.3 Å². The Kier molecular flexibility index (Phi) is 8.76. The van der Waals surface area contributed by atoms with E-state index in [4.69, 9.17) is 9.47 Å². The number of ether oxygens (including phenoxy) is 2. The number of rotatable bonds is 14. The topological polar surface area (TPSA) is 127 Å². The fourth-order valence-corrected chi connectivity index (χ4v) is 7.43. The molecule has 1 N–H and O–H groups in total. The highest BCUT2D eigenvalue weighted by Gasteiger charge is 2.79. The van der Waals surface area contributed by atoms with Crippen molar-refractivity contribution in [1.82, 2.24) is 24.8 Å². The van der Waals surface area contributed by atoms with Gasteiger partial charge in [0, 0.05) is 6.54 Å². The first kappa shape index (κ1) is 30.9. The number of unbranched alkanes of at least 4 members (excludes halogenated alkanes) is 1. The maximum atomic E-state index is 14.7. The number of para-hydroxylation sites is 1. The lowest BCUT2D eigenvalue weighted by atomic mass is 9.66. The van der Waals surface area contributed by atoms with Gasteiger partial charge in [-0.3, -0.25) is 14.4 Å². The van der Waals surface area contributed by atoms with Gasteiger partial charge in [0.15, 0.2) is 0 Å². The zero-order chi connectivity index (χ0) is 30.9. The highest BCUT2D eigenvalue weighted by molar-refractivity contribution is 5.98. The minimum absolute atomic E-state index is 0.0741. The molecular formula is C32H43N5O6. The molecule has 1 aromatic heterocycles. The molecule has 0 aliphatic carbocycles. The molecule has 2 aromatic rings. The van der Waals surface area contributed by atoms with Gasteiger partial charge in [-0.25, -0.2) is 4.68 Å². The molecule has 232 valence electrons. The van der Waals surface area contributed by atoms with E-state index in [2.05, 4.69) is 23.5 Å². The molecule has 3 fully saturated rings. The Morgan fingerprint density at radius 3 is 2.72 bits per heavy atom. The van der Waals surface area contributed by atoms with Gasteiger partial charge in [0.1, 0.15) is 29.7 Å². The number of carbonyl (C=O) groups is 3. The van der Waals surface area contributed by atoms with Crippen molar-refractivity contribution in [2.75, 3.05) is 19.8 Å². The highest BCUT2D eigenvalue weighted by atomic mass is 16.6. The van der Waals surface area contributed by atoms with E-state index in [0.29, 0.717) is 37.6 Å². The summed E-state index contributed by atoms with van der Waals surface area (Å²) in [5.74, 6) is -2.79. The van der Waals surface area contributed by atoms with Gasteiger partial charge < -0.3 is 24.4 Å². The number of hydrogen-bond acceptors (Lipinski definition) is 8. The normalized spacial score (nSPS) is 28.3. The van der Waals surface area contributed by atoms with Crippen molar-refractivity contribution >= 4 is 28.8 Å². The molecule has 3 saturated heterocycles. The second kappa shape index (κ2) is 12.2. The molecule has 2 unspecified atom stereocenters. The Morgan fingerprint density at radius 1 is 1.26 bits per heavy atom. The van der Waals surface area contributed by atoms with Crippen molar-refractivity contribution in [2.24, 2.45) is 17.8 Å². The van der Waals surface area contributed by atoms with Crippen molar-refractivity contribution in [2.45, 2.75) is 82.8 Å². The van der Waals surface area contributed by atoms with Gasteiger partial charge in [0.05, 0.1) is 36.3 Å². The van der Waals surface area contributed by atoms with Crippen molar-refractivity contribution in [3.8, 4) is 0 Å². The zero-order valence-electron chi connectivity index (χ0n) is 25.4. The van der Waals surface area contributed by atoms with Crippen LogP contribution >= 0.6 is 0 Å². The second-order valence-electron chi connectivity index (χ2n) is 12.6. The molecule has 2 amide bonds. The molecule has 1 spiro atoms. The predicted molar refractivity (Wildman–Crippen MR) is 159 cm³/mol. The van der Waals surface area contributed by atoms with Gasteiger partial charge >= 0.3 is 5.97 Å². The lowest BCUT2D eigenvalue weighted by molar-refractivity contribution is -0.162. The number of aromatic nitrogens is 3. The Labute approximate surface area is 252 Å². The van der Waals surface area contributed by atoms with Crippen LogP contribution in [0.4, 0.5) is 0 Å². The van der Waals surface area contributed by atoms with Crippen LogP contribution in [-0.2, 0) is 30.5 Å². The maximum absolute atomic E-state index is 14.7. The number of allylic oxidation sites excluding steroid dienone is 1. The molecule has 3 aliphatic rings. The summed E-state index contributed by atoms with van der Waals surface area (Å²) in [6, 6.07) is 5.80. The third kappa shape index (κ3) is 5.26. The summed E-state index contributed by atoms with van der Waals surface area (Å²) in [4.78, 5) is 45.9. The molecule has 4 heterocycles. The van der Waals surface area contributed by atoms with Crippen LogP contribution in [0.2, 0.25) is 0 Å². The summed E-state index contributed by atoms with van der Waals surface area (Å²) < 4.78 is 14.0. The molecule has 11 heteroatoms. The lowest BCUT2D eigenvalue weighted by Gasteiger charge is -2.39. The number of nitrogens with zero attached hydrogens (tertiary/aromatic N) is 5. The van der Waals surface area contributed by atoms with Crippen LogP contribution < -0.4 is 0 Å². The van der Waals surface area contributed by atoms with Crippen molar-refractivity contribution in [3.63, 3.8) is 0 Å². The minimum atomic E-state index is -1.23. The molecule has 11 nitrogen and oxygen atoms in total. The summed E-state index contributed by atoms with van der Waals surface area (Å²) in [6.45, 7) is 13.6. The Bertz CT molecular complexity index is 1390. The van der Waals surface area contributed by atoms with E-state index >= 15 is 0 Å². The van der Waals surface area contributed by atoms with Crippen molar-refractivity contribution in [3.05, 3.63) is 49.6 Å². The fourth-order valence-electron chi connectivity index (χ4n) is 7.43. The van der Waals surface area contributed by atoms with E-state index < -0.39 is 41.1 Å². The molecule has 6 atom stereocenters. The van der Waals surface area contributed by atoms with Gasteiger partial charge in [-0.05, 0) is 57.1 Å². The van der Waals surface area contributed by atoms with E-state index in [-0.39, 0.29) is 44.2 Å². The minimum Gasteiger partial charge on any atom is -0.465 e. The molecule has 3 aliphatic heterocycles. The summed E-state index contributed by atoms with van der Waals surface area (Å²) in [7, 11) is 0. The summed E-state index contributed by atoms with van der Waals surface area (Å²) in [6.07, 6.45) is 6.15. The number of benzene rings is 1. The van der Waals surface area contributed by atoms with E-state index in [9.17, 15) is 19.5 Å². The monoisotopic (exact) mass is 593 g/mol. The van der Waals surface area contributed by atoms with Gasteiger partial charge in [0.25, 0.3) is 0 Å². The molecule has 0 radical (unpaired) electrons. The second-order valence-corrected chi connectivity index (χ2v) is 12.6. The SMILES string of the molecule is C=CCCCOC(=O)[C@H]1[C@H]2C(=O)N([C@@H](CO)CC(C)C)C(C(=O)N(CC=C)Cn3nnc4ccccc43)C23CC[C@]1(C)O3. The molecule has 1 aromatic carbocycles. The van der Waals surface area contributed by atoms with Gasteiger partial charge in [-0.1, -0.05) is 43.3 Å². The number of carbonyl (C=O) groups excluding carboxylic acids is 3. The number of fused-ring (bicyclic) bond motifs is 2. The van der Waals surface area contributed by atoms with Gasteiger partial charge in [0.2, 0.25) is 11.8 Å². The molecular weight excluding hydrogens is 550 g/mol. The smallest absolute Gasteiger partial charge is 0.312 e. The summed E-state index contributed by atoms with van der Waals surface area (Å²) in [5, 5.41) is 19.0. The quantitative estimate of drug-likeness (QED) is 0.201. The van der Waals surface area contributed by atoms with Crippen LogP contribution in [0.1, 0.15) is 52.9 Å². The standard InChI is InChI=1S/C32H43N5O6/c1-6-8-11-17-42-30(41)26-25-28(39)37(22(19-38)18-21(3)4)27(32(25)15-14-31(26,5)43-32)29(40)35(16-7-2)20-36-24-13-10-9-12-23(24)33-34-36/h6-7,9-10,12-13,21-22,25-27,38H,1-2,8,11,14-20H2,3-5H3/t22-,25+,26-,27?,31+,32?/m1/s1. The number of hydrogen-bond donors (Lipinski definition) is 1. The third-order valence-electron chi connectivity index (χ3n) is 9.23. The highest BCUT2D eigenvalue weighted by Crippen LogP contribution is 2.63. The first-order chi connectivity index (χ1) is 20.6. The molecule has 43 heavy (non-hydrogen) atoms. The largest absolute Gasteiger partial charge is 0.465 e. The number of amides is 2. The van der Waals surface area contributed by atoms with Crippen LogP contribution in [0, 0.1) is 17.8 Å². The first-order valence-electron chi connectivity index (χ1n) is 15.2. The first-order valence-corrected chi connectivity index (χ1v) is 15.2. The molecule has 5 rings (SSSR count). The van der Waals surface area contributed by atoms with Crippen LogP contribution in [0.15, 0.2) is 49.6 Å². The number of aliphatic hydroxyl groups is 1. The van der Waals surface area contributed by atoms with Gasteiger partial charge in [-0.2, -0.15) is 0 Å². The lowest BCUT2D eigenvalue weighted by Crippen LogP contribution is -2.59. The van der Waals surface area contributed by atoms with Crippen LogP contribution in [0.3, 0.4) is 0 Å². The van der Waals surface area contributed by atoms with E-state index in [1.54, 1.807) is 21.7 Å². The van der Waals surface area contributed by atoms with Crippen molar-refractivity contribution in [1.29, 1.82) is 0 Å². The fraction of sp³-hybridized carbons (Fsp3) is 0.594. The van der Waals surface area contributed by atoms with Crippen LogP contribution in [0.5, 0.6) is 0 Å². The Balaban J connectivity index is 1.54. The molecule has 2 bridgehead atoms. The zero-order valence-corrected chi connectivity index (χ0v) is 25.4. The van der Waals surface area contributed by atoms with Crippen LogP contribution in [0.25, 0.3) is 11.0 Å². The average Bonchev–Trinajstić information content (AvgIpc) is 3.69. The summed E-state index contributed by atoms with van der Waals surface area (Å²) >= 11 is 0. The summed E-state index contributed by atoms with van der Waals surface area (Å²) in [5.41, 5.74) is -0.722. The average molecular weight is 594 g/mol. The maximum Gasteiger partial charge on any atom is 0.312 e. The van der Waals surface area contributed by atoms with E-state index in [0.717, 1.165) is 5.52 Å². The number of likely N-dealkylation sites (tertiary alicyclic amines) is 1. The van der Waals surface area contributed by atoms with E-state index in [1.807, 2.05) is 45.0 Å². The van der Waals surface area contributed by atoms with Crippen LogP contribution in [-0.4, -0.2) is 90.7 Å². The Morgan fingerprint density at radius 2 is 2.02 bits per heavy atom. The predicted octanol–water partition coefficient (Wildman–Crippen LogP) is 3.08.